The van der Waals surface area contributed by atoms with Crippen molar-refractivity contribution in [1.29, 1.82) is 0 Å². The van der Waals surface area contributed by atoms with Gasteiger partial charge in [-0.3, -0.25) is 0 Å². The van der Waals surface area contributed by atoms with Gasteiger partial charge in [-0.1, -0.05) is 97.8 Å². The molecule has 0 amide bonds. The van der Waals surface area contributed by atoms with Gasteiger partial charge in [0.2, 0.25) is 0 Å². The van der Waals surface area contributed by atoms with Crippen molar-refractivity contribution in [1.82, 2.24) is 0 Å². The molecule has 1 aliphatic heterocycles. The molecule has 1 N–H and O–H groups in total. The average molecular weight is 531 g/mol. The lowest BCUT2D eigenvalue weighted by Crippen LogP contribution is -2.37. The van der Waals surface area contributed by atoms with Crippen molar-refractivity contribution >= 4 is 5.97 Å². The number of fused-ring (bicyclic) bond motifs is 1. The number of ether oxygens (including phenoxy) is 2. The van der Waals surface area contributed by atoms with Crippen LogP contribution in [-0.2, 0) is 11.2 Å². The van der Waals surface area contributed by atoms with E-state index in [9.17, 15) is 4.79 Å². The Bertz CT molecular complexity index is 859. The minimum absolute atomic E-state index is 0.119. The van der Waals surface area contributed by atoms with E-state index in [0.29, 0.717) is 5.75 Å². The summed E-state index contributed by atoms with van der Waals surface area (Å²) in [7, 11) is 0. The maximum atomic E-state index is 11.0. The minimum atomic E-state index is -0.948. The zero-order valence-corrected chi connectivity index (χ0v) is 25.8. The van der Waals surface area contributed by atoms with Gasteiger partial charge < -0.3 is 14.6 Å². The first-order valence-corrected chi connectivity index (χ1v) is 15.7. The molecule has 38 heavy (non-hydrogen) atoms. The van der Waals surface area contributed by atoms with Gasteiger partial charge in [0, 0.05) is 5.56 Å². The summed E-state index contributed by atoms with van der Waals surface area (Å²) in [6.45, 7) is 15.2. The molecule has 0 aromatic heterocycles. The molecule has 4 heteroatoms. The van der Waals surface area contributed by atoms with E-state index in [1.807, 2.05) is 13.8 Å². The van der Waals surface area contributed by atoms with Crippen LogP contribution in [0.2, 0.25) is 0 Å². The quantitative estimate of drug-likeness (QED) is 0.181. The van der Waals surface area contributed by atoms with Gasteiger partial charge in [0.15, 0.2) is 6.61 Å². The van der Waals surface area contributed by atoms with E-state index in [1.165, 1.54) is 89.0 Å². The third kappa shape index (κ3) is 10.8. The number of benzene rings is 1. The summed E-state index contributed by atoms with van der Waals surface area (Å²) in [5, 5.41) is 9.03. The molecule has 0 aliphatic carbocycles. The molecule has 0 saturated heterocycles. The van der Waals surface area contributed by atoms with E-state index in [1.54, 1.807) is 0 Å². The molecular formula is C34H58O4. The number of aliphatic carboxylic acids is 1. The molecule has 0 fully saturated rings. The SMILES string of the molecule is Cc1c(C)c2c(c(C)c1OCC(=O)O)CC[C@@](C)(CCCCCCCCCCCC(C)CCCC(C)C)O2. The zero-order valence-electron chi connectivity index (χ0n) is 25.8. The molecule has 1 aromatic carbocycles. The van der Waals surface area contributed by atoms with Gasteiger partial charge in [-0.2, -0.15) is 0 Å². The Hall–Kier alpha value is -1.71. The largest absolute Gasteiger partial charge is 0.487 e. The summed E-state index contributed by atoms with van der Waals surface area (Å²) in [6, 6.07) is 0. The first-order chi connectivity index (χ1) is 18.0. The molecular weight excluding hydrogens is 472 g/mol. The van der Waals surface area contributed by atoms with E-state index >= 15 is 0 Å². The Labute approximate surface area is 234 Å². The molecule has 1 aliphatic rings. The standard InChI is InChI=1S/C34H58O4/c1-25(2)18-17-20-26(3)19-15-13-11-9-8-10-12-14-16-22-34(7)23-21-30-29(6)32(37-24-31(35)36)27(4)28(5)33(30)38-34/h25-26H,8-24H2,1-7H3,(H,35,36)/t26?,34-/m1/s1. The number of carboxylic acid groups (broad SMARTS) is 1. The third-order valence-corrected chi connectivity index (χ3v) is 8.78. The molecule has 0 radical (unpaired) electrons. The van der Waals surface area contributed by atoms with Gasteiger partial charge in [-0.05, 0) is 81.9 Å². The predicted octanol–water partition coefficient (Wildman–Crippen LogP) is 9.91. The van der Waals surface area contributed by atoms with Crippen LogP contribution in [0.25, 0.3) is 0 Å². The molecule has 2 atom stereocenters. The van der Waals surface area contributed by atoms with Crippen molar-refractivity contribution < 1.29 is 19.4 Å². The lowest BCUT2D eigenvalue weighted by atomic mass is 9.84. The predicted molar refractivity (Wildman–Crippen MR) is 160 cm³/mol. The highest BCUT2D eigenvalue weighted by atomic mass is 16.5. The fourth-order valence-corrected chi connectivity index (χ4v) is 6.06. The van der Waals surface area contributed by atoms with Gasteiger partial charge in [-0.15, -0.1) is 0 Å². The maximum absolute atomic E-state index is 11.0. The van der Waals surface area contributed by atoms with E-state index in [0.717, 1.165) is 53.5 Å². The number of rotatable bonds is 19. The lowest BCUT2D eigenvalue weighted by molar-refractivity contribution is -0.139. The second kappa shape index (κ2) is 16.4. The summed E-state index contributed by atoms with van der Waals surface area (Å²) < 4.78 is 12.3. The topological polar surface area (TPSA) is 55.8 Å². The number of carboxylic acids is 1. The van der Waals surface area contributed by atoms with Crippen molar-refractivity contribution in [2.45, 2.75) is 157 Å². The van der Waals surface area contributed by atoms with E-state index < -0.39 is 5.97 Å². The monoisotopic (exact) mass is 530 g/mol. The summed E-state index contributed by atoms with van der Waals surface area (Å²) in [6.07, 6.45) is 20.9. The highest BCUT2D eigenvalue weighted by molar-refractivity contribution is 5.69. The highest BCUT2D eigenvalue weighted by Gasteiger charge is 2.34. The second-order valence-corrected chi connectivity index (χ2v) is 12.9. The van der Waals surface area contributed by atoms with Gasteiger partial charge in [0.1, 0.15) is 17.1 Å². The Morgan fingerprint density at radius 3 is 2.03 bits per heavy atom. The van der Waals surface area contributed by atoms with E-state index in [2.05, 4.69) is 34.6 Å². The van der Waals surface area contributed by atoms with Gasteiger partial charge in [0.05, 0.1) is 0 Å². The molecule has 4 nitrogen and oxygen atoms in total. The first kappa shape index (κ1) is 32.5. The van der Waals surface area contributed by atoms with Crippen LogP contribution in [0.5, 0.6) is 11.5 Å². The molecule has 2 rings (SSSR count). The van der Waals surface area contributed by atoms with Crippen LogP contribution in [0.1, 0.15) is 146 Å². The van der Waals surface area contributed by atoms with E-state index in [4.69, 9.17) is 14.6 Å². The molecule has 218 valence electrons. The summed E-state index contributed by atoms with van der Waals surface area (Å²) in [5.41, 5.74) is 4.17. The van der Waals surface area contributed by atoms with Crippen LogP contribution in [0.4, 0.5) is 0 Å². The van der Waals surface area contributed by atoms with Gasteiger partial charge in [-0.25, -0.2) is 4.79 Å². The highest BCUT2D eigenvalue weighted by Crippen LogP contribution is 2.45. The molecule has 0 bridgehead atoms. The zero-order chi connectivity index (χ0) is 28.1. The fourth-order valence-electron chi connectivity index (χ4n) is 6.06. The smallest absolute Gasteiger partial charge is 0.341 e. The Kier molecular flexibility index (Phi) is 14.0. The summed E-state index contributed by atoms with van der Waals surface area (Å²) in [5.74, 6) is 2.52. The Balaban J connectivity index is 1.61. The van der Waals surface area contributed by atoms with Crippen LogP contribution in [-0.4, -0.2) is 23.3 Å². The number of unbranched alkanes of at least 4 members (excludes halogenated alkanes) is 8. The summed E-state index contributed by atoms with van der Waals surface area (Å²) >= 11 is 0. The van der Waals surface area contributed by atoms with Crippen LogP contribution in [0.3, 0.4) is 0 Å². The number of hydrogen-bond donors (Lipinski definition) is 1. The minimum Gasteiger partial charge on any atom is -0.487 e. The van der Waals surface area contributed by atoms with Crippen LogP contribution in [0, 0.1) is 32.6 Å². The van der Waals surface area contributed by atoms with Crippen LogP contribution >= 0.6 is 0 Å². The summed E-state index contributed by atoms with van der Waals surface area (Å²) in [4.78, 5) is 11.0. The van der Waals surface area contributed by atoms with Gasteiger partial charge >= 0.3 is 5.97 Å². The van der Waals surface area contributed by atoms with Gasteiger partial charge in [0.25, 0.3) is 0 Å². The van der Waals surface area contributed by atoms with Crippen LogP contribution < -0.4 is 9.47 Å². The van der Waals surface area contributed by atoms with Crippen molar-refractivity contribution in [3.05, 3.63) is 22.3 Å². The third-order valence-electron chi connectivity index (χ3n) is 8.78. The number of hydrogen-bond acceptors (Lipinski definition) is 3. The Morgan fingerprint density at radius 1 is 0.842 bits per heavy atom. The van der Waals surface area contributed by atoms with Crippen molar-refractivity contribution in [2.24, 2.45) is 11.8 Å². The van der Waals surface area contributed by atoms with Crippen molar-refractivity contribution in [2.75, 3.05) is 6.61 Å². The lowest BCUT2D eigenvalue weighted by Gasteiger charge is -2.38. The van der Waals surface area contributed by atoms with E-state index in [-0.39, 0.29) is 12.2 Å². The molecule has 1 aromatic rings. The second-order valence-electron chi connectivity index (χ2n) is 12.9. The van der Waals surface area contributed by atoms with Crippen LogP contribution in [0.15, 0.2) is 0 Å². The Morgan fingerprint density at radius 2 is 1.42 bits per heavy atom. The average Bonchev–Trinajstić information content (AvgIpc) is 2.85. The maximum Gasteiger partial charge on any atom is 0.341 e. The van der Waals surface area contributed by atoms with Crippen molar-refractivity contribution in [3.63, 3.8) is 0 Å². The molecule has 0 spiro atoms. The molecule has 1 heterocycles. The number of carbonyl (C=O) groups is 1. The first-order valence-electron chi connectivity index (χ1n) is 15.7. The molecule has 1 unspecified atom stereocenters. The fraction of sp³-hybridized carbons (Fsp3) is 0.794. The van der Waals surface area contributed by atoms with Crippen molar-refractivity contribution in [3.8, 4) is 11.5 Å². The molecule has 0 saturated carbocycles. The normalized spacial score (nSPS) is 17.8.